The Balaban J connectivity index is 1.21. The molecule has 18 heavy (non-hydrogen) atoms. The molecular weight excluding hydrogens is 228 g/mol. The van der Waals surface area contributed by atoms with E-state index in [-0.39, 0.29) is 6.29 Å². The fourth-order valence-electron chi connectivity index (χ4n) is 5.58. The van der Waals surface area contributed by atoms with Gasteiger partial charge >= 0.3 is 0 Å². The smallest absolute Gasteiger partial charge is 0.295 e. The number of rotatable bonds is 6. The van der Waals surface area contributed by atoms with E-state index >= 15 is 0 Å². The van der Waals surface area contributed by atoms with Crippen molar-refractivity contribution in [1.29, 1.82) is 0 Å². The Kier molecular flexibility index (Phi) is 2.48. The molecule has 0 aromatic rings. The van der Waals surface area contributed by atoms with Gasteiger partial charge in [0.2, 0.25) is 0 Å². The Morgan fingerprint density at radius 2 is 1.94 bits per heavy atom. The molecule has 0 aromatic heterocycles. The molecule has 8 atom stereocenters. The van der Waals surface area contributed by atoms with Crippen molar-refractivity contribution in [1.82, 2.24) is 0 Å². The molecule has 4 saturated carbocycles. The highest BCUT2D eigenvalue weighted by atomic mass is 16.7. The van der Waals surface area contributed by atoms with Gasteiger partial charge in [0.05, 0.1) is 6.61 Å². The molecule has 0 spiro atoms. The van der Waals surface area contributed by atoms with Crippen LogP contribution in [0.25, 0.3) is 0 Å². The van der Waals surface area contributed by atoms with Gasteiger partial charge in [-0.05, 0) is 74.0 Å². The van der Waals surface area contributed by atoms with Crippen LogP contribution in [0.3, 0.4) is 0 Å². The van der Waals surface area contributed by atoms with E-state index in [2.05, 4.69) is 0 Å². The molecule has 8 unspecified atom stereocenters. The third-order valence-electron chi connectivity index (χ3n) is 6.46. The van der Waals surface area contributed by atoms with E-state index in [1.165, 1.54) is 19.3 Å². The van der Waals surface area contributed by atoms with Crippen LogP contribution in [0.2, 0.25) is 0 Å². The average molecular weight is 250 g/mol. The standard InChI is InChI=1S/C15H22O3/c1-8(18-7-16)17-5-4-9-6-12-13(9)15-11-3-2-10(11)14(12)15/h7-15H,2-6H2,1H3. The van der Waals surface area contributed by atoms with Gasteiger partial charge in [0.25, 0.3) is 6.47 Å². The normalized spacial score (nSPS) is 52.2. The number of fused-ring (bicyclic) bond motifs is 7. The van der Waals surface area contributed by atoms with E-state index in [9.17, 15) is 4.79 Å². The van der Waals surface area contributed by atoms with Crippen LogP contribution in [0.4, 0.5) is 0 Å². The summed E-state index contributed by atoms with van der Waals surface area (Å²) < 4.78 is 10.2. The Hall–Kier alpha value is -0.570. The number of hydrogen-bond acceptors (Lipinski definition) is 3. The first-order valence-corrected chi connectivity index (χ1v) is 7.52. The Labute approximate surface area is 108 Å². The summed E-state index contributed by atoms with van der Waals surface area (Å²) in [7, 11) is 0. The zero-order valence-electron chi connectivity index (χ0n) is 11.0. The maximum absolute atomic E-state index is 10.1. The van der Waals surface area contributed by atoms with Gasteiger partial charge in [-0.25, -0.2) is 0 Å². The molecule has 0 radical (unpaired) electrons. The van der Waals surface area contributed by atoms with Crippen molar-refractivity contribution in [2.45, 2.75) is 38.9 Å². The summed E-state index contributed by atoms with van der Waals surface area (Å²) >= 11 is 0. The monoisotopic (exact) mass is 250 g/mol. The SMILES string of the molecule is CC(OC=O)OCCC1CC2C1C1C3CCC3C21. The molecule has 100 valence electrons. The molecule has 0 amide bonds. The molecule has 0 aromatic carbocycles. The predicted molar refractivity (Wildman–Crippen MR) is 65.5 cm³/mol. The van der Waals surface area contributed by atoms with E-state index in [1.54, 1.807) is 6.92 Å². The first-order chi connectivity index (χ1) is 8.81. The van der Waals surface area contributed by atoms with Crippen LogP contribution in [0.1, 0.15) is 32.6 Å². The highest BCUT2D eigenvalue weighted by Gasteiger charge is 2.73. The molecule has 4 rings (SSSR count). The van der Waals surface area contributed by atoms with Crippen LogP contribution in [-0.4, -0.2) is 19.4 Å². The third kappa shape index (κ3) is 1.31. The molecule has 0 N–H and O–H groups in total. The second-order valence-corrected chi connectivity index (χ2v) is 6.76. The topological polar surface area (TPSA) is 35.5 Å². The van der Waals surface area contributed by atoms with Crippen LogP contribution in [0.15, 0.2) is 0 Å². The molecule has 0 bridgehead atoms. The van der Waals surface area contributed by atoms with Crippen LogP contribution in [0, 0.1) is 41.4 Å². The van der Waals surface area contributed by atoms with Gasteiger partial charge < -0.3 is 9.47 Å². The minimum atomic E-state index is -0.382. The van der Waals surface area contributed by atoms with E-state index in [0.717, 1.165) is 54.5 Å². The summed E-state index contributed by atoms with van der Waals surface area (Å²) in [5.74, 6) is 7.56. The number of ether oxygens (including phenoxy) is 2. The summed E-state index contributed by atoms with van der Waals surface area (Å²) in [5, 5.41) is 0. The van der Waals surface area contributed by atoms with Crippen molar-refractivity contribution in [2.75, 3.05) is 6.61 Å². The second-order valence-electron chi connectivity index (χ2n) is 6.76. The lowest BCUT2D eigenvalue weighted by Crippen LogP contribution is -2.74. The highest BCUT2D eigenvalue weighted by Crippen LogP contribution is 2.78. The number of carbonyl (C=O) groups excluding carboxylic acids is 1. The van der Waals surface area contributed by atoms with E-state index in [1.807, 2.05) is 0 Å². The Bertz CT molecular complexity index is 356. The predicted octanol–water partition coefficient (Wildman–Crippen LogP) is 2.45. The van der Waals surface area contributed by atoms with Crippen molar-refractivity contribution in [3.8, 4) is 0 Å². The van der Waals surface area contributed by atoms with E-state index in [4.69, 9.17) is 9.47 Å². The lowest BCUT2D eigenvalue weighted by Gasteiger charge is -2.79. The summed E-state index contributed by atoms with van der Waals surface area (Å²) in [6.45, 7) is 2.99. The summed E-state index contributed by atoms with van der Waals surface area (Å²) in [6, 6.07) is 0. The summed E-state index contributed by atoms with van der Waals surface area (Å²) in [4.78, 5) is 10.1. The van der Waals surface area contributed by atoms with Gasteiger partial charge in [-0.1, -0.05) is 0 Å². The fraction of sp³-hybridized carbons (Fsp3) is 0.933. The number of hydrogen-bond donors (Lipinski definition) is 0. The maximum atomic E-state index is 10.1. The van der Waals surface area contributed by atoms with Gasteiger partial charge in [-0.3, -0.25) is 4.79 Å². The van der Waals surface area contributed by atoms with Gasteiger partial charge in [-0.2, -0.15) is 0 Å². The highest BCUT2D eigenvalue weighted by molar-refractivity contribution is 5.37. The van der Waals surface area contributed by atoms with Crippen molar-refractivity contribution in [3.63, 3.8) is 0 Å². The minimum absolute atomic E-state index is 0.382. The van der Waals surface area contributed by atoms with Gasteiger partial charge in [0.15, 0.2) is 6.29 Å². The molecule has 4 aliphatic rings. The van der Waals surface area contributed by atoms with Crippen molar-refractivity contribution < 1.29 is 14.3 Å². The summed E-state index contributed by atoms with van der Waals surface area (Å²) in [5.41, 5.74) is 0. The van der Waals surface area contributed by atoms with Crippen molar-refractivity contribution in [2.24, 2.45) is 41.4 Å². The number of carbonyl (C=O) groups is 1. The van der Waals surface area contributed by atoms with E-state index < -0.39 is 0 Å². The molecule has 4 fully saturated rings. The first-order valence-electron chi connectivity index (χ1n) is 7.52. The quantitative estimate of drug-likeness (QED) is 0.536. The zero-order valence-corrected chi connectivity index (χ0v) is 11.0. The minimum Gasteiger partial charge on any atom is -0.438 e. The fourth-order valence-corrected chi connectivity index (χ4v) is 5.58. The lowest BCUT2D eigenvalue weighted by molar-refractivity contribution is -0.312. The maximum Gasteiger partial charge on any atom is 0.295 e. The second kappa shape index (κ2) is 3.96. The van der Waals surface area contributed by atoms with Crippen LogP contribution in [-0.2, 0) is 14.3 Å². The Morgan fingerprint density at radius 3 is 2.67 bits per heavy atom. The van der Waals surface area contributed by atoms with Gasteiger partial charge in [0.1, 0.15) is 0 Å². The van der Waals surface area contributed by atoms with E-state index in [0.29, 0.717) is 6.47 Å². The van der Waals surface area contributed by atoms with Crippen molar-refractivity contribution >= 4 is 6.47 Å². The molecule has 0 saturated heterocycles. The van der Waals surface area contributed by atoms with Gasteiger partial charge in [0, 0.05) is 0 Å². The molecule has 4 aliphatic carbocycles. The molecule has 3 heteroatoms. The van der Waals surface area contributed by atoms with Crippen LogP contribution < -0.4 is 0 Å². The zero-order chi connectivity index (χ0) is 12.3. The first kappa shape index (κ1) is 11.3. The van der Waals surface area contributed by atoms with Crippen molar-refractivity contribution in [3.05, 3.63) is 0 Å². The third-order valence-corrected chi connectivity index (χ3v) is 6.46. The molecule has 0 heterocycles. The van der Waals surface area contributed by atoms with Gasteiger partial charge in [-0.15, -0.1) is 0 Å². The largest absolute Gasteiger partial charge is 0.438 e. The summed E-state index contributed by atoms with van der Waals surface area (Å²) in [6.07, 6.45) is 5.27. The average Bonchev–Trinajstić information content (AvgIpc) is 2.29. The molecular formula is C15H22O3. The van der Waals surface area contributed by atoms with Crippen LogP contribution >= 0.6 is 0 Å². The molecule has 0 aliphatic heterocycles. The van der Waals surface area contributed by atoms with Crippen LogP contribution in [0.5, 0.6) is 0 Å². The molecule has 3 nitrogen and oxygen atoms in total. The Morgan fingerprint density at radius 1 is 1.17 bits per heavy atom. The lowest BCUT2D eigenvalue weighted by atomic mass is 9.26.